The van der Waals surface area contributed by atoms with Gasteiger partial charge in [0.25, 0.3) is 0 Å². The van der Waals surface area contributed by atoms with E-state index < -0.39 is 61.3 Å². The van der Waals surface area contributed by atoms with Gasteiger partial charge in [-0.3, -0.25) is 9.59 Å². The minimum atomic E-state index is -2.98. The van der Waals surface area contributed by atoms with Crippen molar-refractivity contribution in [2.45, 2.75) is 3.79 Å². The zero-order chi connectivity index (χ0) is 22.7. The summed E-state index contributed by atoms with van der Waals surface area (Å²) < 4.78 is 20.3. The first kappa shape index (κ1) is 24.7. The topological polar surface area (TPSA) is 132 Å². The predicted molar refractivity (Wildman–Crippen MR) is 96.9 cm³/mol. The van der Waals surface area contributed by atoms with Gasteiger partial charge in [0.15, 0.2) is 0 Å². The molecule has 160 valence electrons. The van der Waals surface area contributed by atoms with Crippen molar-refractivity contribution in [2.75, 3.05) is 35.5 Å². The van der Waals surface area contributed by atoms with Gasteiger partial charge in [0.1, 0.15) is 0 Å². The van der Waals surface area contributed by atoms with Crippen molar-refractivity contribution in [1.29, 1.82) is 0 Å². The van der Waals surface area contributed by atoms with Crippen LogP contribution in [0.5, 0.6) is 0 Å². The number of halogens is 3. The molecule has 13 heteroatoms. The zero-order valence-corrected chi connectivity index (χ0v) is 18.0. The van der Waals surface area contributed by atoms with Crippen LogP contribution in [0.3, 0.4) is 0 Å². The van der Waals surface area contributed by atoms with Crippen molar-refractivity contribution < 1.29 is 47.7 Å². The summed E-state index contributed by atoms with van der Waals surface area (Å²) in [6, 6.07) is 0. The van der Waals surface area contributed by atoms with Crippen molar-refractivity contribution in [3.05, 3.63) is 22.3 Å². The molecular weight excluding hydrogens is 459 g/mol. The van der Waals surface area contributed by atoms with Crippen molar-refractivity contribution >= 4 is 64.6 Å². The van der Waals surface area contributed by atoms with Gasteiger partial charge in [-0.1, -0.05) is 34.8 Å². The standard InChI is InChI=1S/C16H15Cl3O10/c1-25-10(20)6-7(11(21)26-2)9(16(17,18)19)15(13(23)28-4,14(24)29-5)8(6)12(22)27-3/h1-5H3. The second-order valence-corrected chi connectivity index (χ2v) is 7.49. The maximum absolute atomic E-state index is 12.9. The average Bonchev–Trinajstić information content (AvgIpc) is 3.03. The molecule has 0 saturated carbocycles. The molecule has 0 unspecified atom stereocenters. The molecule has 0 amide bonds. The Labute approximate surface area is 179 Å². The van der Waals surface area contributed by atoms with Crippen LogP contribution in [-0.4, -0.2) is 69.2 Å². The molecule has 0 aromatic carbocycles. The number of carbonyl (C=O) groups excluding carboxylic acids is 5. The Balaban J connectivity index is 4.45. The van der Waals surface area contributed by atoms with E-state index in [1.54, 1.807) is 0 Å². The summed E-state index contributed by atoms with van der Waals surface area (Å²) in [5.41, 5.74) is -6.64. The van der Waals surface area contributed by atoms with Gasteiger partial charge in [-0.05, 0) is 0 Å². The van der Waals surface area contributed by atoms with E-state index in [0.29, 0.717) is 0 Å². The number of ether oxygens (including phenoxy) is 5. The molecule has 1 rings (SSSR count). The largest absolute Gasteiger partial charge is 0.468 e. The molecule has 1 aliphatic carbocycles. The first-order valence-corrected chi connectivity index (χ1v) is 8.53. The first-order chi connectivity index (χ1) is 13.4. The van der Waals surface area contributed by atoms with Crippen molar-refractivity contribution in [1.82, 2.24) is 0 Å². The molecule has 0 radical (unpaired) electrons. The van der Waals surface area contributed by atoms with Gasteiger partial charge in [-0.15, -0.1) is 0 Å². The molecule has 0 aromatic heterocycles. The highest BCUT2D eigenvalue weighted by atomic mass is 35.6. The van der Waals surface area contributed by atoms with E-state index in [9.17, 15) is 24.0 Å². The number of hydrogen-bond acceptors (Lipinski definition) is 10. The summed E-state index contributed by atoms with van der Waals surface area (Å²) in [7, 11) is 4.41. The number of rotatable bonds is 5. The van der Waals surface area contributed by atoms with Crippen LogP contribution in [0.15, 0.2) is 22.3 Å². The lowest BCUT2D eigenvalue weighted by atomic mass is 9.76. The van der Waals surface area contributed by atoms with Crippen LogP contribution in [0.25, 0.3) is 0 Å². The lowest BCUT2D eigenvalue weighted by Gasteiger charge is -2.31. The molecule has 29 heavy (non-hydrogen) atoms. The molecule has 0 fully saturated rings. The van der Waals surface area contributed by atoms with Crippen LogP contribution in [0.4, 0.5) is 0 Å². The summed E-state index contributed by atoms with van der Waals surface area (Å²) in [6.45, 7) is 0. The van der Waals surface area contributed by atoms with Gasteiger partial charge in [0.2, 0.25) is 9.21 Å². The van der Waals surface area contributed by atoms with Crippen LogP contribution in [0.1, 0.15) is 0 Å². The fourth-order valence-corrected chi connectivity index (χ4v) is 3.58. The van der Waals surface area contributed by atoms with Crippen molar-refractivity contribution in [3.8, 4) is 0 Å². The van der Waals surface area contributed by atoms with Crippen LogP contribution in [-0.2, 0) is 47.7 Å². The summed E-state index contributed by atoms with van der Waals surface area (Å²) in [5, 5.41) is 0. The van der Waals surface area contributed by atoms with Crippen LogP contribution in [0.2, 0.25) is 0 Å². The van der Waals surface area contributed by atoms with Gasteiger partial charge in [0.05, 0.1) is 52.3 Å². The Kier molecular flexibility index (Phi) is 7.69. The third kappa shape index (κ3) is 3.79. The van der Waals surface area contributed by atoms with Gasteiger partial charge < -0.3 is 23.7 Å². The lowest BCUT2D eigenvalue weighted by molar-refractivity contribution is -0.165. The zero-order valence-electron chi connectivity index (χ0n) is 15.7. The molecule has 0 aliphatic heterocycles. The molecule has 0 aromatic rings. The van der Waals surface area contributed by atoms with E-state index in [1.807, 2.05) is 0 Å². The van der Waals surface area contributed by atoms with E-state index in [1.165, 1.54) is 0 Å². The highest BCUT2D eigenvalue weighted by Crippen LogP contribution is 2.58. The molecule has 0 heterocycles. The van der Waals surface area contributed by atoms with Crippen LogP contribution in [0, 0.1) is 5.41 Å². The number of esters is 5. The third-order valence-electron chi connectivity index (χ3n) is 3.94. The Bertz CT molecular complexity index is 818. The Morgan fingerprint density at radius 2 is 1.03 bits per heavy atom. The van der Waals surface area contributed by atoms with E-state index in [4.69, 9.17) is 34.8 Å². The number of alkyl halides is 3. The predicted octanol–water partition coefficient (Wildman–Crippen LogP) is 0.815. The molecule has 1 aliphatic rings. The minimum Gasteiger partial charge on any atom is -0.468 e. The van der Waals surface area contributed by atoms with Gasteiger partial charge >= 0.3 is 29.8 Å². The second kappa shape index (κ2) is 9.02. The molecule has 10 nitrogen and oxygen atoms in total. The molecule has 0 spiro atoms. The normalized spacial score (nSPS) is 15.6. The number of hydrogen-bond donors (Lipinski definition) is 0. The lowest BCUT2D eigenvalue weighted by Crippen LogP contribution is -2.48. The summed E-state index contributed by atoms with van der Waals surface area (Å²) in [5.74, 6) is -7.03. The minimum absolute atomic E-state index is 0.853. The molecular formula is C16H15Cl3O10. The van der Waals surface area contributed by atoms with E-state index in [0.717, 1.165) is 35.5 Å². The van der Waals surface area contributed by atoms with Crippen LogP contribution >= 0.6 is 34.8 Å². The van der Waals surface area contributed by atoms with E-state index in [2.05, 4.69) is 23.7 Å². The monoisotopic (exact) mass is 472 g/mol. The fourth-order valence-electron chi connectivity index (χ4n) is 2.87. The number of methoxy groups -OCH3 is 5. The number of carbonyl (C=O) groups is 5. The van der Waals surface area contributed by atoms with Crippen LogP contribution < -0.4 is 0 Å². The maximum atomic E-state index is 12.9. The Hall–Kier alpha value is -2.30. The maximum Gasteiger partial charge on any atom is 0.339 e. The summed E-state index contributed by atoms with van der Waals surface area (Å²) in [6.07, 6.45) is 0. The highest BCUT2D eigenvalue weighted by Gasteiger charge is 2.69. The van der Waals surface area contributed by atoms with Crippen molar-refractivity contribution in [3.63, 3.8) is 0 Å². The van der Waals surface area contributed by atoms with Gasteiger partial charge in [0, 0.05) is 5.57 Å². The SMILES string of the molecule is COC(=O)C1=C(C(=O)OC)C(C(=O)OC)(C(=O)OC)C(C(Cl)(Cl)Cl)=C1C(=O)OC. The van der Waals surface area contributed by atoms with E-state index >= 15 is 0 Å². The fraction of sp³-hybridized carbons (Fsp3) is 0.438. The van der Waals surface area contributed by atoms with E-state index in [-0.39, 0.29) is 0 Å². The molecule has 0 saturated heterocycles. The smallest absolute Gasteiger partial charge is 0.339 e. The molecule has 0 atom stereocenters. The van der Waals surface area contributed by atoms with Gasteiger partial charge in [-0.25, -0.2) is 14.4 Å². The average molecular weight is 474 g/mol. The molecule has 0 bridgehead atoms. The third-order valence-corrected chi connectivity index (χ3v) is 4.50. The second-order valence-electron chi connectivity index (χ2n) is 5.21. The highest BCUT2D eigenvalue weighted by molar-refractivity contribution is 6.70. The Morgan fingerprint density at radius 1 is 0.655 bits per heavy atom. The first-order valence-electron chi connectivity index (χ1n) is 7.40. The molecule has 0 N–H and O–H groups in total. The van der Waals surface area contributed by atoms with Crippen molar-refractivity contribution in [2.24, 2.45) is 5.41 Å². The van der Waals surface area contributed by atoms with Gasteiger partial charge in [-0.2, -0.15) is 0 Å². The Morgan fingerprint density at radius 3 is 1.34 bits per heavy atom. The summed E-state index contributed by atoms with van der Waals surface area (Å²) >= 11 is 17.9. The quantitative estimate of drug-likeness (QED) is 0.245. The summed E-state index contributed by atoms with van der Waals surface area (Å²) in [4.78, 5) is 63.3.